The molecule has 1 aliphatic rings. The van der Waals surface area contributed by atoms with Crippen LogP contribution in [0.3, 0.4) is 0 Å². The zero-order chi connectivity index (χ0) is 26.0. The molecule has 1 heterocycles. The largest absolute Gasteiger partial charge is 0.459 e. The van der Waals surface area contributed by atoms with E-state index < -0.39 is 42.5 Å². The molecule has 9 nitrogen and oxygen atoms in total. The van der Waals surface area contributed by atoms with Crippen LogP contribution in [0.4, 0.5) is 0 Å². The maximum Gasteiger partial charge on any atom is 0.338 e. The van der Waals surface area contributed by atoms with Crippen molar-refractivity contribution in [3.63, 3.8) is 0 Å². The normalized spacial score (nSPS) is 20.7. The molecule has 192 valence electrons. The lowest BCUT2D eigenvalue weighted by Crippen LogP contribution is -2.42. The van der Waals surface area contributed by atoms with Crippen LogP contribution in [0.1, 0.15) is 31.1 Å². The molecule has 0 aromatic heterocycles. The van der Waals surface area contributed by atoms with Gasteiger partial charge in [0.25, 0.3) is 0 Å². The highest BCUT2D eigenvalue weighted by Gasteiger charge is 2.51. The lowest BCUT2D eigenvalue weighted by atomic mass is 10.1. The molecular formula is C28H27NO8. The summed E-state index contributed by atoms with van der Waals surface area (Å²) < 4.78 is 28.6. The highest BCUT2D eigenvalue weighted by atomic mass is 16.7. The van der Waals surface area contributed by atoms with Gasteiger partial charge in [-0.3, -0.25) is 0 Å². The molecule has 0 aliphatic carbocycles. The zero-order valence-corrected chi connectivity index (χ0v) is 19.9. The quantitative estimate of drug-likeness (QED) is 0.327. The Hall–Kier alpha value is -4.05. The van der Waals surface area contributed by atoms with E-state index in [9.17, 15) is 14.4 Å². The molecule has 0 spiro atoms. The molecule has 4 atom stereocenters. The molecule has 1 aliphatic heterocycles. The summed E-state index contributed by atoms with van der Waals surface area (Å²) in [4.78, 5) is 38.4. The molecule has 0 radical (unpaired) electrons. The zero-order valence-electron chi connectivity index (χ0n) is 19.9. The summed E-state index contributed by atoms with van der Waals surface area (Å²) in [7, 11) is 0. The van der Waals surface area contributed by atoms with Crippen molar-refractivity contribution in [1.82, 2.24) is 0 Å². The third-order valence-corrected chi connectivity index (χ3v) is 5.56. The van der Waals surface area contributed by atoms with Crippen molar-refractivity contribution in [1.29, 1.82) is 0 Å². The standard InChI is InChI=1S/C28H27NO8/c29-16-17-33-28-24(37-27(32)21-14-8-3-9-15-21)23(36-26(31)20-12-6-2-7-13-20)22(35-28)18-34-25(30)19-10-4-1-5-11-19/h1-15,22-24,28H,16-18,29H2/t22-,23-,24-,28?/m1/s1. The van der Waals surface area contributed by atoms with Crippen molar-refractivity contribution in [2.24, 2.45) is 5.73 Å². The second-order valence-electron chi connectivity index (χ2n) is 8.14. The van der Waals surface area contributed by atoms with Crippen molar-refractivity contribution < 1.29 is 38.1 Å². The van der Waals surface area contributed by atoms with Crippen LogP contribution in [0.5, 0.6) is 0 Å². The lowest BCUT2D eigenvalue weighted by molar-refractivity contribution is -0.168. The number of hydrogen-bond donors (Lipinski definition) is 1. The Kier molecular flexibility index (Phi) is 8.98. The van der Waals surface area contributed by atoms with Gasteiger partial charge in [-0.1, -0.05) is 54.6 Å². The molecule has 0 saturated carbocycles. The van der Waals surface area contributed by atoms with E-state index in [1.54, 1.807) is 91.0 Å². The molecule has 2 N–H and O–H groups in total. The Morgan fingerprint density at radius 3 is 1.62 bits per heavy atom. The first-order chi connectivity index (χ1) is 18.1. The van der Waals surface area contributed by atoms with Gasteiger partial charge >= 0.3 is 17.9 Å². The summed E-state index contributed by atoms with van der Waals surface area (Å²) in [6.45, 7) is 0.00358. The molecule has 3 aromatic carbocycles. The summed E-state index contributed by atoms with van der Waals surface area (Å²) in [5.41, 5.74) is 6.53. The number of hydrogen-bond acceptors (Lipinski definition) is 9. The van der Waals surface area contributed by atoms with Crippen LogP contribution in [0.15, 0.2) is 91.0 Å². The van der Waals surface area contributed by atoms with Crippen LogP contribution in [-0.2, 0) is 23.7 Å². The van der Waals surface area contributed by atoms with Gasteiger partial charge in [0.05, 0.1) is 23.3 Å². The van der Waals surface area contributed by atoms with E-state index >= 15 is 0 Å². The minimum Gasteiger partial charge on any atom is -0.459 e. The first-order valence-corrected chi connectivity index (χ1v) is 11.8. The highest BCUT2D eigenvalue weighted by molar-refractivity contribution is 5.91. The van der Waals surface area contributed by atoms with Gasteiger partial charge in [0.2, 0.25) is 0 Å². The number of nitrogens with two attached hydrogens (primary N) is 1. The van der Waals surface area contributed by atoms with Gasteiger partial charge in [0.1, 0.15) is 12.7 Å². The molecule has 0 bridgehead atoms. The van der Waals surface area contributed by atoms with Crippen molar-refractivity contribution in [3.05, 3.63) is 108 Å². The van der Waals surface area contributed by atoms with Crippen LogP contribution in [0, 0.1) is 0 Å². The smallest absolute Gasteiger partial charge is 0.338 e. The molecule has 0 amide bonds. The van der Waals surface area contributed by atoms with Crippen molar-refractivity contribution >= 4 is 17.9 Å². The predicted molar refractivity (Wildman–Crippen MR) is 132 cm³/mol. The van der Waals surface area contributed by atoms with E-state index in [2.05, 4.69) is 0 Å². The van der Waals surface area contributed by atoms with Gasteiger partial charge in [-0.2, -0.15) is 0 Å². The van der Waals surface area contributed by atoms with Crippen LogP contribution in [-0.4, -0.2) is 62.3 Å². The van der Waals surface area contributed by atoms with E-state index in [1.165, 1.54) is 0 Å². The number of benzene rings is 3. The molecule has 1 unspecified atom stereocenters. The fraction of sp³-hybridized carbons (Fsp3) is 0.250. The first-order valence-electron chi connectivity index (χ1n) is 11.8. The Labute approximate surface area is 214 Å². The number of carbonyl (C=O) groups excluding carboxylic acids is 3. The van der Waals surface area contributed by atoms with E-state index in [0.29, 0.717) is 16.7 Å². The minimum absolute atomic E-state index is 0.0972. The Morgan fingerprint density at radius 1 is 0.676 bits per heavy atom. The maximum atomic E-state index is 12.9. The van der Waals surface area contributed by atoms with E-state index in [1.807, 2.05) is 0 Å². The number of esters is 3. The van der Waals surface area contributed by atoms with Crippen LogP contribution in [0.2, 0.25) is 0 Å². The minimum atomic E-state index is -1.15. The molecule has 4 rings (SSSR count). The van der Waals surface area contributed by atoms with E-state index in [0.717, 1.165) is 0 Å². The van der Waals surface area contributed by atoms with Gasteiger partial charge in [0.15, 0.2) is 18.5 Å². The van der Waals surface area contributed by atoms with Crippen molar-refractivity contribution in [3.8, 4) is 0 Å². The van der Waals surface area contributed by atoms with E-state index in [-0.39, 0.29) is 19.8 Å². The van der Waals surface area contributed by atoms with Crippen molar-refractivity contribution in [2.75, 3.05) is 19.8 Å². The average Bonchev–Trinajstić information content (AvgIpc) is 3.27. The van der Waals surface area contributed by atoms with Gasteiger partial charge in [0, 0.05) is 6.54 Å². The van der Waals surface area contributed by atoms with Crippen molar-refractivity contribution in [2.45, 2.75) is 24.6 Å². The number of ether oxygens (including phenoxy) is 5. The molecule has 9 heteroatoms. The Bertz CT molecular complexity index is 1170. The van der Waals surface area contributed by atoms with Gasteiger partial charge in [-0.15, -0.1) is 0 Å². The lowest BCUT2D eigenvalue weighted by Gasteiger charge is -2.24. The summed E-state index contributed by atoms with van der Waals surface area (Å²) in [5, 5.41) is 0. The number of carbonyl (C=O) groups is 3. The van der Waals surface area contributed by atoms with Crippen LogP contribution in [0.25, 0.3) is 0 Å². The second-order valence-corrected chi connectivity index (χ2v) is 8.14. The number of rotatable bonds is 10. The Balaban J connectivity index is 1.57. The summed E-state index contributed by atoms with van der Waals surface area (Å²) >= 11 is 0. The second kappa shape index (κ2) is 12.8. The summed E-state index contributed by atoms with van der Waals surface area (Å²) in [5.74, 6) is -1.89. The SMILES string of the molecule is NCCOC1O[C@H](COC(=O)c2ccccc2)[C@@H](OC(=O)c2ccccc2)[C@H]1OC(=O)c1ccccc1. The van der Waals surface area contributed by atoms with Crippen LogP contribution >= 0.6 is 0 Å². The topological polar surface area (TPSA) is 123 Å². The van der Waals surface area contributed by atoms with E-state index in [4.69, 9.17) is 29.4 Å². The monoisotopic (exact) mass is 505 g/mol. The molecule has 1 fully saturated rings. The first kappa shape index (κ1) is 26.0. The van der Waals surface area contributed by atoms with Gasteiger partial charge in [-0.05, 0) is 36.4 Å². The molecule has 37 heavy (non-hydrogen) atoms. The fourth-order valence-corrected chi connectivity index (χ4v) is 3.76. The summed E-state index contributed by atoms with van der Waals surface area (Å²) in [6.07, 6.45) is -4.36. The average molecular weight is 506 g/mol. The third-order valence-electron chi connectivity index (χ3n) is 5.56. The molecule has 1 saturated heterocycles. The van der Waals surface area contributed by atoms with Gasteiger partial charge < -0.3 is 29.4 Å². The maximum absolute atomic E-state index is 12.9. The Morgan fingerprint density at radius 2 is 1.14 bits per heavy atom. The molecular weight excluding hydrogens is 478 g/mol. The molecule has 3 aromatic rings. The summed E-state index contributed by atoms with van der Waals surface area (Å²) in [6, 6.07) is 25.1. The third kappa shape index (κ3) is 6.79. The predicted octanol–water partition coefficient (Wildman–Crippen LogP) is 2.99. The highest BCUT2D eigenvalue weighted by Crippen LogP contribution is 2.30. The fourth-order valence-electron chi connectivity index (χ4n) is 3.76. The van der Waals surface area contributed by atoms with Gasteiger partial charge in [-0.25, -0.2) is 14.4 Å². The van der Waals surface area contributed by atoms with Crippen LogP contribution < -0.4 is 5.73 Å².